The predicted molar refractivity (Wildman–Crippen MR) is 117 cm³/mol. The second-order valence-electron chi connectivity index (χ2n) is 7.04. The first kappa shape index (κ1) is 22.7. The van der Waals surface area contributed by atoms with Crippen LogP contribution in [-0.4, -0.2) is 50.0 Å². The molecule has 2 aromatic carbocycles. The number of anilines is 1. The van der Waals surface area contributed by atoms with Crippen LogP contribution in [0.1, 0.15) is 25.3 Å². The van der Waals surface area contributed by atoms with E-state index in [2.05, 4.69) is 17.6 Å². The first-order valence-electron chi connectivity index (χ1n) is 9.48. The molecule has 7 heteroatoms. The molecule has 0 aliphatic heterocycles. The fourth-order valence-electron chi connectivity index (χ4n) is 2.83. The number of nitrogens with one attached hydrogen (secondary N) is 2. The van der Waals surface area contributed by atoms with E-state index in [-0.39, 0.29) is 24.3 Å². The van der Waals surface area contributed by atoms with E-state index >= 15 is 0 Å². The van der Waals surface area contributed by atoms with Crippen LogP contribution in [0.25, 0.3) is 0 Å². The Kier molecular flexibility index (Phi) is 8.49. The van der Waals surface area contributed by atoms with Gasteiger partial charge in [-0.25, -0.2) is 0 Å². The number of rotatable bonds is 9. The lowest BCUT2D eigenvalue weighted by Gasteiger charge is -2.24. The van der Waals surface area contributed by atoms with Crippen LogP contribution >= 0.6 is 11.6 Å². The van der Waals surface area contributed by atoms with Gasteiger partial charge in [0.25, 0.3) is 0 Å². The van der Waals surface area contributed by atoms with Crippen LogP contribution in [0.5, 0.6) is 5.75 Å². The standard InChI is InChI=1S/C22H28ClN3O3/c1-15(17-8-6-5-7-9-17)13-24-22(28)16(2)26(3)14-21(27)25-19-12-18(23)10-11-20(19)29-4/h5-12,15-16H,13-14H2,1-4H3,(H,24,28)(H,25,27). The number of carbonyl (C=O) groups excluding carboxylic acids is 2. The first-order chi connectivity index (χ1) is 13.8. The minimum absolute atomic E-state index is 0.0541. The van der Waals surface area contributed by atoms with Gasteiger partial charge in [0.2, 0.25) is 11.8 Å². The molecule has 2 N–H and O–H groups in total. The summed E-state index contributed by atoms with van der Waals surface area (Å²) in [4.78, 5) is 26.6. The quantitative estimate of drug-likeness (QED) is 0.654. The number of carbonyl (C=O) groups is 2. The Hall–Kier alpha value is -2.57. The summed E-state index contributed by atoms with van der Waals surface area (Å²) in [6.07, 6.45) is 0. The summed E-state index contributed by atoms with van der Waals surface area (Å²) in [5, 5.41) is 6.23. The Morgan fingerprint density at radius 3 is 2.48 bits per heavy atom. The molecule has 0 bridgehead atoms. The molecule has 2 rings (SSSR count). The summed E-state index contributed by atoms with van der Waals surface area (Å²) < 4.78 is 5.23. The smallest absolute Gasteiger partial charge is 0.238 e. The van der Waals surface area contributed by atoms with Crippen LogP contribution in [0, 0.1) is 0 Å². The number of amides is 2. The zero-order chi connectivity index (χ0) is 21.4. The summed E-state index contributed by atoms with van der Waals surface area (Å²) in [7, 11) is 3.26. The van der Waals surface area contributed by atoms with Gasteiger partial charge in [-0.15, -0.1) is 0 Å². The molecular formula is C22H28ClN3O3. The summed E-state index contributed by atoms with van der Waals surface area (Å²) in [6.45, 7) is 4.43. The van der Waals surface area contributed by atoms with E-state index in [0.717, 1.165) is 0 Å². The number of hydrogen-bond donors (Lipinski definition) is 2. The van der Waals surface area contributed by atoms with E-state index in [1.54, 1.807) is 37.1 Å². The third-order valence-electron chi connectivity index (χ3n) is 4.82. The van der Waals surface area contributed by atoms with E-state index in [0.29, 0.717) is 23.0 Å². The predicted octanol–water partition coefficient (Wildman–Crippen LogP) is 3.53. The van der Waals surface area contributed by atoms with Gasteiger partial charge in [0.05, 0.1) is 25.4 Å². The van der Waals surface area contributed by atoms with Crippen molar-refractivity contribution >= 4 is 29.1 Å². The van der Waals surface area contributed by atoms with E-state index in [1.807, 2.05) is 30.3 Å². The number of halogens is 1. The maximum Gasteiger partial charge on any atom is 0.238 e. The summed E-state index contributed by atoms with van der Waals surface area (Å²) >= 11 is 5.99. The number of methoxy groups -OCH3 is 1. The molecule has 0 saturated heterocycles. The Labute approximate surface area is 177 Å². The second-order valence-corrected chi connectivity index (χ2v) is 7.48. The van der Waals surface area contributed by atoms with Crippen molar-refractivity contribution in [2.45, 2.75) is 25.8 Å². The number of ether oxygens (including phenoxy) is 1. The monoisotopic (exact) mass is 417 g/mol. The SMILES string of the molecule is COc1ccc(Cl)cc1NC(=O)CN(C)C(C)C(=O)NCC(C)c1ccccc1. The van der Waals surface area contributed by atoms with Gasteiger partial charge in [-0.2, -0.15) is 0 Å². The lowest BCUT2D eigenvalue weighted by atomic mass is 10.0. The van der Waals surface area contributed by atoms with Crippen molar-refractivity contribution in [2.24, 2.45) is 0 Å². The zero-order valence-electron chi connectivity index (χ0n) is 17.2. The second kappa shape index (κ2) is 10.8. The summed E-state index contributed by atoms with van der Waals surface area (Å²) in [6, 6.07) is 14.6. The number of nitrogens with zero attached hydrogens (tertiary/aromatic N) is 1. The average Bonchev–Trinajstić information content (AvgIpc) is 2.71. The van der Waals surface area contributed by atoms with Gasteiger partial charge in [-0.1, -0.05) is 48.9 Å². The van der Waals surface area contributed by atoms with E-state index < -0.39 is 6.04 Å². The molecule has 0 aliphatic carbocycles. The largest absolute Gasteiger partial charge is 0.495 e. The molecule has 0 fully saturated rings. The lowest BCUT2D eigenvalue weighted by Crippen LogP contribution is -2.46. The fourth-order valence-corrected chi connectivity index (χ4v) is 3.00. The van der Waals surface area contributed by atoms with Gasteiger partial charge < -0.3 is 15.4 Å². The number of hydrogen-bond acceptors (Lipinski definition) is 4. The Morgan fingerprint density at radius 2 is 1.83 bits per heavy atom. The van der Waals surface area contributed by atoms with Gasteiger partial charge in [-0.05, 0) is 43.7 Å². The Balaban J connectivity index is 1.86. The van der Waals surface area contributed by atoms with Crippen molar-refractivity contribution in [3.05, 3.63) is 59.1 Å². The molecule has 29 heavy (non-hydrogen) atoms. The zero-order valence-corrected chi connectivity index (χ0v) is 18.0. The van der Waals surface area contributed by atoms with Crippen molar-refractivity contribution in [1.29, 1.82) is 0 Å². The highest BCUT2D eigenvalue weighted by molar-refractivity contribution is 6.31. The maximum absolute atomic E-state index is 12.5. The highest BCUT2D eigenvalue weighted by Crippen LogP contribution is 2.27. The van der Waals surface area contributed by atoms with E-state index in [4.69, 9.17) is 16.3 Å². The van der Waals surface area contributed by atoms with Gasteiger partial charge in [0, 0.05) is 11.6 Å². The van der Waals surface area contributed by atoms with E-state index in [9.17, 15) is 9.59 Å². The van der Waals surface area contributed by atoms with Crippen LogP contribution < -0.4 is 15.4 Å². The molecule has 156 valence electrons. The van der Waals surface area contributed by atoms with Crippen molar-refractivity contribution in [3.8, 4) is 5.75 Å². The lowest BCUT2D eigenvalue weighted by molar-refractivity contribution is -0.126. The normalized spacial score (nSPS) is 12.9. The average molecular weight is 418 g/mol. The molecule has 0 aromatic heterocycles. The van der Waals surface area contributed by atoms with Crippen molar-refractivity contribution in [3.63, 3.8) is 0 Å². The van der Waals surface area contributed by atoms with Crippen LogP contribution in [0.4, 0.5) is 5.69 Å². The maximum atomic E-state index is 12.5. The minimum atomic E-state index is -0.454. The summed E-state index contributed by atoms with van der Waals surface area (Å²) in [5.74, 6) is 0.344. The number of benzene rings is 2. The molecule has 0 aliphatic rings. The molecule has 6 nitrogen and oxygen atoms in total. The third kappa shape index (κ3) is 6.76. The van der Waals surface area contributed by atoms with Crippen LogP contribution in [-0.2, 0) is 9.59 Å². The van der Waals surface area contributed by atoms with Crippen LogP contribution in [0.2, 0.25) is 5.02 Å². The van der Waals surface area contributed by atoms with E-state index in [1.165, 1.54) is 12.7 Å². The molecule has 2 amide bonds. The molecular weight excluding hydrogens is 390 g/mol. The van der Waals surface area contributed by atoms with Gasteiger partial charge >= 0.3 is 0 Å². The number of likely N-dealkylation sites (N-methyl/N-ethyl adjacent to an activating group) is 1. The molecule has 2 aromatic rings. The van der Waals surface area contributed by atoms with Gasteiger partial charge in [0.15, 0.2) is 0 Å². The summed E-state index contributed by atoms with van der Waals surface area (Å²) in [5.41, 5.74) is 1.66. The fraction of sp³-hybridized carbons (Fsp3) is 0.364. The molecule has 0 spiro atoms. The van der Waals surface area contributed by atoms with Gasteiger partial charge in [-0.3, -0.25) is 14.5 Å². The van der Waals surface area contributed by atoms with Crippen molar-refractivity contribution < 1.29 is 14.3 Å². The Bertz CT molecular complexity index is 829. The minimum Gasteiger partial charge on any atom is -0.495 e. The highest BCUT2D eigenvalue weighted by atomic mass is 35.5. The molecule has 0 heterocycles. The molecule has 2 atom stereocenters. The third-order valence-corrected chi connectivity index (χ3v) is 5.06. The topological polar surface area (TPSA) is 70.7 Å². The first-order valence-corrected chi connectivity index (χ1v) is 9.86. The molecule has 0 saturated carbocycles. The van der Waals surface area contributed by atoms with Crippen LogP contribution in [0.15, 0.2) is 48.5 Å². The highest BCUT2D eigenvalue weighted by Gasteiger charge is 2.21. The molecule has 2 unspecified atom stereocenters. The molecule has 0 radical (unpaired) electrons. The van der Waals surface area contributed by atoms with Gasteiger partial charge in [0.1, 0.15) is 5.75 Å². The van der Waals surface area contributed by atoms with Crippen molar-refractivity contribution in [2.75, 3.05) is 32.6 Å². The Morgan fingerprint density at radius 1 is 1.14 bits per heavy atom. The van der Waals surface area contributed by atoms with Crippen LogP contribution in [0.3, 0.4) is 0 Å². The van der Waals surface area contributed by atoms with Crippen molar-refractivity contribution in [1.82, 2.24) is 10.2 Å².